The van der Waals surface area contributed by atoms with Gasteiger partial charge in [-0.1, -0.05) is 6.58 Å². The van der Waals surface area contributed by atoms with Crippen LogP contribution in [0.2, 0.25) is 0 Å². The number of quaternary nitrogens is 1. The van der Waals surface area contributed by atoms with Gasteiger partial charge in [0.25, 0.3) is 0 Å². The number of rotatable bonds is 6. The molecule has 0 aromatic carbocycles. The first-order chi connectivity index (χ1) is 5.83. The van der Waals surface area contributed by atoms with Crippen LogP contribution in [0.3, 0.4) is 0 Å². The number of carbonyl (C=O) groups excluding carboxylic acids is 1. The van der Waals surface area contributed by atoms with Gasteiger partial charge in [0, 0.05) is 0 Å². The number of hydrogen-bond donors (Lipinski definition) is 0. The zero-order valence-corrected chi connectivity index (χ0v) is 8.80. The lowest BCUT2D eigenvalue weighted by Gasteiger charge is -2.23. The normalized spacial score (nSPS) is 11.3. The zero-order valence-electron chi connectivity index (χ0n) is 8.80. The predicted molar refractivity (Wildman–Crippen MR) is 50.9 cm³/mol. The summed E-state index contributed by atoms with van der Waals surface area (Å²) in [5.74, 6) is -1.12. The van der Waals surface area contributed by atoms with Crippen LogP contribution in [0.15, 0.2) is 12.2 Å². The summed E-state index contributed by atoms with van der Waals surface area (Å²) in [4.78, 5) is 10.3. The summed E-state index contributed by atoms with van der Waals surface area (Å²) in [6, 6.07) is 0. The Labute approximate surface area is 80.3 Å². The van der Waals surface area contributed by atoms with Gasteiger partial charge >= 0.3 is 0 Å². The van der Waals surface area contributed by atoms with Crippen molar-refractivity contribution < 1.29 is 14.4 Å². The fraction of sp³-hybridized carbons (Fsp3) is 0.700. The van der Waals surface area contributed by atoms with Crippen LogP contribution in [-0.2, 0) is 4.79 Å². The molecule has 0 unspecified atom stereocenters. The molecule has 13 heavy (non-hydrogen) atoms. The van der Waals surface area contributed by atoms with E-state index in [4.69, 9.17) is 0 Å². The van der Waals surface area contributed by atoms with E-state index < -0.39 is 5.97 Å². The molecule has 0 aliphatic heterocycles. The first kappa shape index (κ1) is 12.2. The van der Waals surface area contributed by atoms with Gasteiger partial charge in [0.2, 0.25) is 0 Å². The van der Waals surface area contributed by atoms with Crippen LogP contribution in [-0.4, -0.2) is 38.1 Å². The molecule has 3 nitrogen and oxygen atoms in total. The average molecular weight is 185 g/mol. The van der Waals surface area contributed by atoms with Gasteiger partial charge in [-0.05, 0) is 24.8 Å². The molecular formula is C10H19NO2. The van der Waals surface area contributed by atoms with Crippen LogP contribution in [0.1, 0.15) is 19.3 Å². The summed E-state index contributed by atoms with van der Waals surface area (Å²) in [5.41, 5.74) is 0.210. The molecule has 0 aliphatic rings. The van der Waals surface area contributed by atoms with Crippen molar-refractivity contribution in [2.45, 2.75) is 19.3 Å². The molecule has 76 valence electrons. The van der Waals surface area contributed by atoms with Crippen LogP contribution in [0.25, 0.3) is 0 Å². The zero-order chi connectivity index (χ0) is 10.5. The van der Waals surface area contributed by atoms with E-state index in [9.17, 15) is 9.90 Å². The summed E-state index contributed by atoms with van der Waals surface area (Å²) in [5, 5.41) is 10.3. The molecule has 0 heterocycles. The number of nitrogens with zero attached hydrogens (tertiary/aromatic N) is 1. The Balaban J connectivity index is 3.47. The van der Waals surface area contributed by atoms with Crippen LogP contribution >= 0.6 is 0 Å². The molecule has 0 fully saturated rings. The molecule has 0 atom stereocenters. The van der Waals surface area contributed by atoms with Crippen molar-refractivity contribution >= 4 is 5.97 Å². The predicted octanol–water partition coefficient (Wildman–Crippen LogP) is 0.169. The Kier molecular flexibility index (Phi) is 4.70. The second-order valence-corrected chi connectivity index (χ2v) is 4.36. The Morgan fingerprint density at radius 3 is 2.23 bits per heavy atom. The molecule has 0 aromatic heterocycles. The van der Waals surface area contributed by atoms with Gasteiger partial charge in [0.1, 0.15) is 0 Å². The maximum absolute atomic E-state index is 10.3. The highest BCUT2D eigenvalue weighted by Crippen LogP contribution is 2.06. The van der Waals surface area contributed by atoms with Crippen molar-refractivity contribution in [1.82, 2.24) is 0 Å². The Morgan fingerprint density at radius 2 is 1.85 bits per heavy atom. The van der Waals surface area contributed by atoms with E-state index in [1.165, 1.54) is 0 Å². The SMILES string of the molecule is C=C(CCCC[N+](C)(C)C)C(=O)[O-]. The summed E-state index contributed by atoms with van der Waals surface area (Å²) in [6.45, 7) is 4.48. The highest BCUT2D eigenvalue weighted by molar-refractivity contribution is 5.83. The molecule has 0 N–H and O–H groups in total. The Hall–Kier alpha value is -0.830. The van der Waals surface area contributed by atoms with Gasteiger partial charge in [-0.3, -0.25) is 0 Å². The molecule has 0 bridgehead atoms. The fourth-order valence-corrected chi connectivity index (χ4v) is 1.03. The minimum Gasteiger partial charge on any atom is -0.545 e. The van der Waals surface area contributed by atoms with Gasteiger partial charge < -0.3 is 14.4 Å². The number of unbranched alkanes of at least 4 members (excludes halogenated alkanes) is 1. The molecule has 0 aliphatic carbocycles. The lowest BCUT2D eigenvalue weighted by molar-refractivity contribution is -0.870. The van der Waals surface area contributed by atoms with Crippen molar-refractivity contribution in [2.75, 3.05) is 27.7 Å². The van der Waals surface area contributed by atoms with Gasteiger partial charge in [-0.15, -0.1) is 0 Å². The van der Waals surface area contributed by atoms with E-state index in [1.807, 2.05) is 0 Å². The lowest BCUT2D eigenvalue weighted by atomic mass is 10.1. The molecular weight excluding hydrogens is 166 g/mol. The number of carboxylic acids is 1. The number of carboxylic acid groups (broad SMARTS) is 1. The second kappa shape index (κ2) is 5.02. The third-order valence-corrected chi connectivity index (χ3v) is 1.85. The molecule has 0 spiro atoms. The standard InChI is InChI=1S/C10H19NO2/c1-9(10(12)13)7-5-6-8-11(2,3)4/h1,5-8H2,2-4H3. The summed E-state index contributed by atoms with van der Waals surface area (Å²) < 4.78 is 0.914. The van der Waals surface area contributed by atoms with Crippen molar-refractivity contribution in [3.63, 3.8) is 0 Å². The highest BCUT2D eigenvalue weighted by atomic mass is 16.4. The summed E-state index contributed by atoms with van der Waals surface area (Å²) >= 11 is 0. The van der Waals surface area contributed by atoms with Crippen LogP contribution in [0, 0.1) is 0 Å². The van der Waals surface area contributed by atoms with Gasteiger partial charge in [-0.25, -0.2) is 0 Å². The van der Waals surface area contributed by atoms with E-state index in [0.29, 0.717) is 6.42 Å². The Morgan fingerprint density at radius 1 is 1.31 bits per heavy atom. The minimum atomic E-state index is -1.12. The second-order valence-electron chi connectivity index (χ2n) is 4.36. The molecule has 0 aromatic rings. The average Bonchev–Trinajstić information content (AvgIpc) is 1.95. The van der Waals surface area contributed by atoms with E-state index in [-0.39, 0.29) is 5.57 Å². The van der Waals surface area contributed by atoms with Gasteiger partial charge in [0.05, 0.1) is 33.7 Å². The monoisotopic (exact) mass is 185 g/mol. The smallest absolute Gasteiger partial charge is 0.0780 e. The highest BCUT2D eigenvalue weighted by Gasteiger charge is 2.05. The number of hydrogen-bond acceptors (Lipinski definition) is 2. The molecule has 3 heteroatoms. The maximum atomic E-state index is 10.3. The molecule has 0 saturated carbocycles. The first-order valence-electron chi connectivity index (χ1n) is 4.52. The largest absolute Gasteiger partial charge is 0.545 e. The third kappa shape index (κ3) is 7.53. The van der Waals surface area contributed by atoms with Crippen molar-refractivity contribution in [1.29, 1.82) is 0 Å². The minimum absolute atomic E-state index is 0.210. The van der Waals surface area contributed by atoms with E-state index >= 15 is 0 Å². The molecule has 0 amide bonds. The number of carbonyl (C=O) groups is 1. The molecule has 0 saturated heterocycles. The summed E-state index contributed by atoms with van der Waals surface area (Å²) in [7, 11) is 6.36. The number of aliphatic carboxylic acids is 1. The van der Waals surface area contributed by atoms with Crippen LogP contribution < -0.4 is 5.11 Å². The van der Waals surface area contributed by atoms with E-state index in [0.717, 1.165) is 23.9 Å². The molecule has 0 rings (SSSR count). The van der Waals surface area contributed by atoms with Crippen LogP contribution in [0.5, 0.6) is 0 Å². The maximum Gasteiger partial charge on any atom is 0.0780 e. The lowest BCUT2D eigenvalue weighted by Crippen LogP contribution is -2.35. The topological polar surface area (TPSA) is 40.1 Å². The fourth-order valence-electron chi connectivity index (χ4n) is 1.03. The third-order valence-electron chi connectivity index (χ3n) is 1.85. The van der Waals surface area contributed by atoms with Crippen molar-refractivity contribution in [2.24, 2.45) is 0 Å². The van der Waals surface area contributed by atoms with Gasteiger partial charge in [0.15, 0.2) is 0 Å². The quantitative estimate of drug-likeness (QED) is 0.336. The van der Waals surface area contributed by atoms with Crippen molar-refractivity contribution in [3.05, 3.63) is 12.2 Å². The first-order valence-corrected chi connectivity index (χ1v) is 4.52. The van der Waals surface area contributed by atoms with Gasteiger partial charge in [-0.2, -0.15) is 0 Å². The van der Waals surface area contributed by atoms with E-state index in [1.54, 1.807) is 0 Å². The van der Waals surface area contributed by atoms with Crippen LogP contribution in [0.4, 0.5) is 0 Å². The summed E-state index contributed by atoms with van der Waals surface area (Å²) in [6.07, 6.45) is 2.44. The molecule has 0 radical (unpaired) electrons. The van der Waals surface area contributed by atoms with Crippen molar-refractivity contribution in [3.8, 4) is 0 Å². The van der Waals surface area contributed by atoms with E-state index in [2.05, 4.69) is 27.7 Å². The Bertz CT molecular complexity index is 192.